The Morgan fingerprint density at radius 3 is 3.08 bits per heavy atom. The van der Waals surface area contributed by atoms with E-state index in [1.54, 1.807) is 6.07 Å². The predicted octanol–water partition coefficient (Wildman–Crippen LogP) is 3.09. The highest BCUT2D eigenvalue weighted by Crippen LogP contribution is 2.23. The highest BCUT2D eigenvalue weighted by Gasteiger charge is 2.19. The van der Waals surface area contributed by atoms with Crippen molar-refractivity contribution < 1.29 is 9.18 Å². The number of hydrogen-bond acceptors (Lipinski definition) is 3. The van der Waals surface area contributed by atoms with E-state index in [0.29, 0.717) is 29.1 Å². The number of fused-ring (bicyclic) bond motifs is 2. The molecule has 0 bridgehead atoms. The Hall–Kier alpha value is -2.73. The summed E-state index contributed by atoms with van der Waals surface area (Å²) in [5.74, 6) is -0.0477. The average molecular weight is 338 g/mol. The fourth-order valence-corrected chi connectivity index (χ4v) is 3.42. The van der Waals surface area contributed by atoms with Gasteiger partial charge in [-0.3, -0.25) is 10.1 Å². The van der Waals surface area contributed by atoms with Crippen molar-refractivity contribution >= 4 is 22.9 Å². The van der Waals surface area contributed by atoms with E-state index >= 15 is 0 Å². The first-order chi connectivity index (χ1) is 12.2. The molecule has 0 saturated carbocycles. The van der Waals surface area contributed by atoms with Crippen molar-refractivity contribution in [2.24, 2.45) is 0 Å². The van der Waals surface area contributed by atoms with Gasteiger partial charge >= 0.3 is 0 Å². The molecule has 2 aromatic carbocycles. The third kappa shape index (κ3) is 2.78. The topological polar surface area (TPSA) is 59.0 Å². The molecule has 3 aromatic rings. The van der Waals surface area contributed by atoms with Gasteiger partial charge in [0.05, 0.1) is 11.0 Å². The summed E-state index contributed by atoms with van der Waals surface area (Å²) in [7, 11) is 0. The summed E-state index contributed by atoms with van der Waals surface area (Å²) in [5.41, 5.74) is 4.27. The summed E-state index contributed by atoms with van der Waals surface area (Å²) in [4.78, 5) is 17.3. The number of halogens is 1. The zero-order valence-electron chi connectivity index (χ0n) is 14.0. The molecule has 2 N–H and O–H groups in total. The van der Waals surface area contributed by atoms with Crippen LogP contribution in [0.1, 0.15) is 28.4 Å². The lowest BCUT2D eigenvalue weighted by Gasteiger charge is -2.20. The lowest BCUT2D eigenvalue weighted by atomic mass is 9.95. The molecule has 1 aromatic heterocycles. The Bertz CT molecular complexity index is 963. The molecule has 0 fully saturated rings. The quantitative estimate of drug-likeness (QED) is 0.771. The van der Waals surface area contributed by atoms with E-state index in [9.17, 15) is 9.18 Å². The van der Waals surface area contributed by atoms with Gasteiger partial charge in [-0.1, -0.05) is 12.1 Å². The van der Waals surface area contributed by atoms with Crippen molar-refractivity contribution in [3.05, 3.63) is 58.9 Å². The normalized spacial score (nSPS) is 13.7. The molecule has 0 radical (unpaired) electrons. The summed E-state index contributed by atoms with van der Waals surface area (Å²) < 4.78 is 15.4. The van der Waals surface area contributed by atoms with Gasteiger partial charge in [0.25, 0.3) is 5.91 Å². The number of carbonyl (C=O) groups is 1. The molecule has 25 heavy (non-hydrogen) atoms. The molecule has 1 aliphatic rings. The standard InChI is InChI=1S/C19H19FN4O/c1-2-24-17-10-13(20)6-7-16(17)22-19(24)23-18(25)15-5-3-4-12-11-21-9-8-14(12)15/h3-7,10,21H,2,8-9,11H2,1H3,(H,22,23,25). The molecule has 0 spiro atoms. The number of rotatable bonds is 3. The van der Waals surface area contributed by atoms with Crippen molar-refractivity contribution in [3.8, 4) is 0 Å². The third-order valence-corrected chi connectivity index (χ3v) is 4.64. The monoisotopic (exact) mass is 338 g/mol. The SMILES string of the molecule is CCn1c(NC(=O)c2cccc3c2CCNC3)nc2ccc(F)cc21. The van der Waals surface area contributed by atoms with Crippen LogP contribution < -0.4 is 10.6 Å². The van der Waals surface area contributed by atoms with Gasteiger partial charge < -0.3 is 9.88 Å². The van der Waals surface area contributed by atoms with Crippen LogP contribution in [0.4, 0.5) is 10.3 Å². The lowest BCUT2D eigenvalue weighted by Crippen LogP contribution is -2.27. The zero-order valence-corrected chi connectivity index (χ0v) is 14.0. The molecule has 4 rings (SSSR count). The fourth-order valence-electron chi connectivity index (χ4n) is 3.42. The molecule has 0 saturated heterocycles. The number of carbonyl (C=O) groups excluding carboxylic acids is 1. The van der Waals surface area contributed by atoms with Crippen molar-refractivity contribution in [3.63, 3.8) is 0 Å². The van der Waals surface area contributed by atoms with Gasteiger partial charge in [-0.25, -0.2) is 9.37 Å². The van der Waals surface area contributed by atoms with Gasteiger partial charge in [0, 0.05) is 18.7 Å². The van der Waals surface area contributed by atoms with Gasteiger partial charge in [0.15, 0.2) is 0 Å². The number of aromatic nitrogens is 2. The first kappa shape index (κ1) is 15.8. The summed E-state index contributed by atoms with van der Waals surface area (Å²) in [5, 5.41) is 6.22. The summed E-state index contributed by atoms with van der Waals surface area (Å²) in [6.45, 7) is 4.18. The van der Waals surface area contributed by atoms with Crippen LogP contribution in [0.2, 0.25) is 0 Å². The van der Waals surface area contributed by atoms with E-state index in [2.05, 4.69) is 15.6 Å². The van der Waals surface area contributed by atoms with Crippen LogP contribution in [0, 0.1) is 5.82 Å². The average Bonchev–Trinajstić information content (AvgIpc) is 2.97. The van der Waals surface area contributed by atoms with Crippen LogP contribution in [-0.2, 0) is 19.5 Å². The van der Waals surface area contributed by atoms with Crippen LogP contribution in [0.5, 0.6) is 0 Å². The number of amides is 1. The number of anilines is 1. The second-order valence-electron chi connectivity index (χ2n) is 6.14. The third-order valence-electron chi connectivity index (χ3n) is 4.64. The molecule has 6 heteroatoms. The molecule has 2 heterocycles. The largest absolute Gasteiger partial charge is 0.312 e. The number of hydrogen-bond donors (Lipinski definition) is 2. The van der Waals surface area contributed by atoms with E-state index in [4.69, 9.17) is 0 Å². The smallest absolute Gasteiger partial charge is 0.258 e. The second kappa shape index (κ2) is 6.29. The maximum Gasteiger partial charge on any atom is 0.258 e. The molecule has 1 amide bonds. The van der Waals surface area contributed by atoms with E-state index in [1.165, 1.54) is 12.1 Å². The van der Waals surface area contributed by atoms with Crippen LogP contribution in [-0.4, -0.2) is 22.0 Å². The Balaban J connectivity index is 1.71. The molecular formula is C19H19FN4O. The minimum absolute atomic E-state index is 0.177. The van der Waals surface area contributed by atoms with Gasteiger partial charge in [0.1, 0.15) is 5.82 Å². The number of imidazole rings is 1. The Labute approximate surface area is 144 Å². The number of nitrogens with one attached hydrogen (secondary N) is 2. The fraction of sp³-hybridized carbons (Fsp3) is 0.263. The van der Waals surface area contributed by atoms with Crippen LogP contribution >= 0.6 is 0 Å². The molecule has 5 nitrogen and oxygen atoms in total. The van der Waals surface area contributed by atoms with E-state index in [1.807, 2.05) is 29.7 Å². The van der Waals surface area contributed by atoms with Crippen molar-refractivity contribution in [2.45, 2.75) is 26.4 Å². The van der Waals surface area contributed by atoms with Gasteiger partial charge in [-0.2, -0.15) is 0 Å². The Morgan fingerprint density at radius 1 is 1.36 bits per heavy atom. The molecular weight excluding hydrogens is 319 g/mol. The predicted molar refractivity (Wildman–Crippen MR) is 95.2 cm³/mol. The number of benzene rings is 2. The van der Waals surface area contributed by atoms with Crippen molar-refractivity contribution in [2.75, 3.05) is 11.9 Å². The second-order valence-corrected chi connectivity index (χ2v) is 6.14. The zero-order chi connectivity index (χ0) is 17.4. The maximum atomic E-state index is 13.5. The van der Waals surface area contributed by atoms with Crippen molar-refractivity contribution in [1.29, 1.82) is 0 Å². The molecule has 0 aliphatic carbocycles. The number of nitrogens with zero attached hydrogens (tertiary/aromatic N) is 2. The van der Waals surface area contributed by atoms with Gasteiger partial charge in [-0.15, -0.1) is 0 Å². The van der Waals surface area contributed by atoms with Crippen LogP contribution in [0.25, 0.3) is 11.0 Å². The van der Waals surface area contributed by atoms with Crippen LogP contribution in [0.3, 0.4) is 0 Å². The van der Waals surface area contributed by atoms with Crippen molar-refractivity contribution in [1.82, 2.24) is 14.9 Å². The highest BCUT2D eigenvalue weighted by molar-refractivity contribution is 6.05. The van der Waals surface area contributed by atoms with E-state index in [0.717, 1.165) is 30.6 Å². The van der Waals surface area contributed by atoms with Gasteiger partial charge in [0.2, 0.25) is 5.95 Å². The molecule has 0 unspecified atom stereocenters. The summed E-state index contributed by atoms with van der Waals surface area (Å²) in [6.07, 6.45) is 0.828. The summed E-state index contributed by atoms with van der Waals surface area (Å²) in [6, 6.07) is 10.2. The van der Waals surface area contributed by atoms with Crippen LogP contribution in [0.15, 0.2) is 36.4 Å². The van der Waals surface area contributed by atoms with Gasteiger partial charge in [-0.05, 0) is 55.3 Å². The van der Waals surface area contributed by atoms with E-state index in [-0.39, 0.29) is 11.7 Å². The molecule has 1 aliphatic heterocycles. The van der Waals surface area contributed by atoms with E-state index < -0.39 is 0 Å². The molecule has 0 atom stereocenters. The first-order valence-electron chi connectivity index (χ1n) is 8.46. The minimum Gasteiger partial charge on any atom is -0.312 e. The molecule has 128 valence electrons. The maximum absolute atomic E-state index is 13.5. The summed E-state index contributed by atoms with van der Waals surface area (Å²) >= 11 is 0. The first-order valence-corrected chi connectivity index (χ1v) is 8.46. The highest BCUT2D eigenvalue weighted by atomic mass is 19.1. The Kier molecular flexibility index (Phi) is 3.97. The minimum atomic E-state index is -0.315. The number of aryl methyl sites for hydroxylation is 1. The Morgan fingerprint density at radius 2 is 2.24 bits per heavy atom. The lowest BCUT2D eigenvalue weighted by molar-refractivity contribution is 0.102.